The Hall–Kier alpha value is -0.823. The lowest BCUT2D eigenvalue weighted by atomic mass is 9.85. The average molecular weight is 437 g/mol. The molecule has 2 saturated heterocycles. The van der Waals surface area contributed by atoms with E-state index in [0.29, 0.717) is 0 Å². The number of ketones is 1. The molecule has 2 heterocycles. The molecule has 0 spiro atoms. The summed E-state index contributed by atoms with van der Waals surface area (Å²) in [5.74, 6) is 0.0113. The molecule has 0 N–H and O–H groups in total. The average Bonchev–Trinajstić information content (AvgIpc) is 2.74. The van der Waals surface area contributed by atoms with E-state index in [1.54, 1.807) is 0 Å². The van der Waals surface area contributed by atoms with Gasteiger partial charge in [-0.25, -0.2) is 0 Å². The van der Waals surface area contributed by atoms with Crippen LogP contribution in [0.1, 0.15) is 53.5 Å². The third-order valence-corrected chi connectivity index (χ3v) is 14.0. The summed E-state index contributed by atoms with van der Waals surface area (Å²) in [6, 6.07) is 7.83. The quantitative estimate of drug-likeness (QED) is 0.622. The lowest BCUT2D eigenvalue weighted by molar-refractivity contribution is -0.187. The van der Waals surface area contributed by atoms with Gasteiger partial charge in [0.15, 0.2) is 14.1 Å². The molecule has 0 saturated carbocycles. The second kappa shape index (κ2) is 7.11. The number of carbonyl (C=O) groups is 1. The molecule has 0 amide bonds. The summed E-state index contributed by atoms with van der Waals surface area (Å²) in [6.45, 7) is 18.9. The number of carbonyl (C=O) groups excluding carboxylic acids is 1. The van der Waals surface area contributed by atoms with Crippen LogP contribution in [0.25, 0.3) is 0 Å². The summed E-state index contributed by atoms with van der Waals surface area (Å²) in [4.78, 5) is 14.1. The van der Waals surface area contributed by atoms with Crippen molar-refractivity contribution < 1.29 is 18.2 Å². The van der Waals surface area contributed by atoms with E-state index < -0.39 is 36.4 Å². The second-order valence-corrected chi connectivity index (χ2v) is 17.2. The Kier molecular flexibility index (Phi) is 5.60. The third kappa shape index (κ3) is 3.71. The van der Waals surface area contributed by atoms with Gasteiger partial charge in [-0.15, -0.1) is 0 Å². The zero-order chi connectivity index (χ0) is 22.0. The summed E-state index contributed by atoms with van der Waals surface area (Å²) in [6.07, 6.45) is -0.361. The first-order valence-electron chi connectivity index (χ1n) is 10.5. The molecule has 0 aromatic heterocycles. The fourth-order valence-electron chi connectivity index (χ4n) is 4.56. The maximum absolute atomic E-state index is 13.6. The second-order valence-electron chi connectivity index (χ2n) is 10.8. The lowest BCUT2D eigenvalue weighted by Gasteiger charge is -2.47. The van der Waals surface area contributed by atoms with Gasteiger partial charge in [-0.1, -0.05) is 45.4 Å². The fourth-order valence-corrected chi connectivity index (χ4v) is 7.79. The Morgan fingerprint density at radius 2 is 1.72 bits per heavy atom. The number of rotatable bonds is 4. The predicted molar refractivity (Wildman–Crippen MR) is 120 cm³/mol. The summed E-state index contributed by atoms with van der Waals surface area (Å²) < 4.78 is 26.8. The molecule has 2 bridgehead atoms. The zero-order valence-corrected chi connectivity index (χ0v) is 21.1. The molecule has 0 radical (unpaired) electrons. The monoisotopic (exact) mass is 436 g/mol. The first kappa shape index (κ1) is 22.9. The van der Waals surface area contributed by atoms with Crippen molar-refractivity contribution in [1.82, 2.24) is 0 Å². The minimum atomic E-state index is -2.17. The summed E-state index contributed by atoms with van der Waals surface area (Å²) in [7, 11) is -3.44. The van der Waals surface area contributed by atoms with Crippen molar-refractivity contribution in [3.8, 4) is 0 Å². The smallest absolute Gasteiger partial charge is 0.193 e. The highest BCUT2D eigenvalue weighted by Crippen LogP contribution is 2.55. The number of hydrogen-bond donors (Lipinski definition) is 0. The fraction of sp³-hybridized carbons (Fsp3) is 0.696. The molecule has 29 heavy (non-hydrogen) atoms. The van der Waals surface area contributed by atoms with Crippen molar-refractivity contribution in [2.45, 2.75) is 100 Å². The molecule has 4 nitrogen and oxygen atoms in total. The number of hydrogen-bond acceptors (Lipinski definition) is 4. The van der Waals surface area contributed by atoms with Crippen LogP contribution in [0.5, 0.6) is 0 Å². The van der Waals surface area contributed by atoms with E-state index in [2.05, 4.69) is 40.8 Å². The van der Waals surface area contributed by atoms with Crippen molar-refractivity contribution in [2.24, 2.45) is 5.92 Å². The van der Waals surface area contributed by atoms with E-state index in [4.69, 9.17) is 9.16 Å². The van der Waals surface area contributed by atoms with Crippen LogP contribution in [0.2, 0.25) is 18.1 Å². The molecule has 1 aromatic rings. The Balaban J connectivity index is 1.97. The summed E-state index contributed by atoms with van der Waals surface area (Å²) in [5, 5.41) is -0.261. The van der Waals surface area contributed by atoms with Gasteiger partial charge in [0.1, 0.15) is 11.7 Å². The molecule has 6 heteroatoms. The van der Waals surface area contributed by atoms with Gasteiger partial charge in [-0.05, 0) is 51.0 Å². The van der Waals surface area contributed by atoms with Crippen molar-refractivity contribution in [3.05, 3.63) is 29.8 Å². The molecule has 0 aliphatic carbocycles. The Morgan fingerprint density at radius 3 is 2.24 bits per heavy atom. The number of fused-ring (bicyclic) bond motifs is 2. The van der Waals surface area contributed by atoms with E-state index in [9.17, 15) is 9.00 Å². The molecular formula is C23H36O4SSi. The number of ether oxygens (including phenoxy) is 1. The van der Waals surface area contributed by atoms with E-state index in [-0.39, 0.29) is 28.4 Å². The molecule has 0 unspecified atom stereocenters. The van der Waals surface area contributed by atoms with Gasteiger partial charge < -0.3 is 9.16 Å². The Labute approximate surface area is 179 Å². The molecule has 162 valence electrons. The molecule has 2 aliphatic rings. The van der Waals surface area contributed by atoms with Crippen LogP contribution < -0.4 is 0 Å². The summed E-state index contributed by atoms with van der Waals surface area (Å²) in [5.41, 5.74) is -0.379. The maximum Gasteiger partial charge on any atom is 0.193 e. The van der Waals surface area contributed by atoms with Crippen molar-refractivity contribution >= 4 is 24.9 Å². The van der Waals surface area contributed by atoms with E-state index in [1.807, 2.05) is 45.0 Å². The minimum absolute atomic E-state index is 0.00362. The van der Waals surface area contributed by atoms with Crippen LogP contribution in [0.4, 0.5) is 0 Å². The highest BCUT2D eigenvalue weighted by molar-refractivity contribution is 7.85. The van der Waals surface area contributed by atoms with Crippen LogP contribution in [-0.4, -0.2) is 40.9 Å². The van der Waals surface area contributed by atoms with E-state index in [0.717, 1.165) is 10.5 Å². The van der Waals surface area contributed by atoms with Crippen molar-refractivity contribution in [3.63, 3.8) is 0 Å². The SMILES string of the molecule is Cc1ccc([S@](=O)[C@@H]2[C@@H](C)[C@@]3(C)O[C@]2(C)CC(=O)[C@H]3O[Si](C)(C)C(C)(C)C)cc1. The molecule has 3 rings (SSSR count). The first-order chi connectivity index (χ1) is 13.1. The lowest BCUT2D eigenvalue weighted by Crippen LogP contribution is -2.60. The molecule has 1 aromatic carbocycles. The van der Waals surface area contributed by atoms with Crippen LogP contribution in [-0.2, 0) is 24.8 Å². The molecule has 2 fully saturated rings. The molecule has 6 atom stereocenters. The third-order valence-electron chi connectivity index (χ3n) is 7.45. The van der Waals surface area contributed by atoms with Crippen LogP contribution in [0, 0.1) is 12.8 Å². The van der Waals surface area contributed by atoms with Gasteiger partial charge in [-0.3, -0.25) is 9.00 Å². The van der Waals surface area contributed by atoms with Gasteiger partial charge in [-0.2, -0.15) is 0 Å². The van der Waals surface area contributed by atoms with Gasteiger partial charge in [0.25, 0.3) is 0 Å². The highest BCUT2D eigenvalue weighted by Gasteiger charge is 2.68. The maximum atomic E-state index is 13.6. The predicted octanol–water partition coefficient (Wildman–Crippen LogP) is 5.02. The first-order valence-corrected chi connectivity index (χ1v) is 14.6. The molecule has 2 aliphatic heterocycles. The minimum Gasteiger partial charge on any atom is -0.404 e. The zero-order valence-electron chi connectivity index (χ0n) is 19.3. The van der Waals surface area contributed by atoms with Gasteiger partial charge in [0, 0.05) is 17.2 Å². The number of aryl methyl sites for hydroxylation is 1. The van der Waals surface area contributed by atoms with Gasteiger partial charge >= 0.3 is 0 Å². The largest absolute Gasteiger partial charge is 0.404 e. The Morgan fingerprint density at radius 1 is 1.17 bits per heavy atom. The topological polar surface area (TPSA) is 52.6 Å². The summed E-state index contributed by atoms with van der Waals surface area (Å²) >= 11 is 0. The van der Waals surface area contributed by atoms with Crippen LogP contribution >= 0.6 is 0 Å². The molecular weight excluding hydrogens is 400 g/mol. The van der Waals surface area contributed by atoms with Crippen molar-refractivity contribution in [2.75, 3.05) is 0 Å². The van der Waals surface area contributed by atoms with Gasteiger partial charge in [0.05, 0.1) is 21.7 Å². The van der Waals surface area contributed by atoms with Crippen molar-refractivity contribution in [1.29, 1.82) is 0 Å². The van der Waals surface area contributed by atoms with E-state index >= 15 is 0 Å². The van der Waals surface area contributed by atoms with Crippen LogP contribution in [0.15, 0.2) is 29.2 Å². The van der Waals surface area contributed by atoms with E-state index in [1.165, 1.54) is 0 Å². The van der Waals surface area contributed by atoms with Crippen LogP contribution in [0.3, 0.4) is 0 Å². The number of Topliss-reactive ketones (excluding diaryl/α,β-unsaturated/α-hetero) is 1. The number of benzene rings is 1. The van der Waals surface area contributed by atoms with Gasteiger partial charge in [0.2, 0.25) is 0 Å². The highest BCUT2D eigenvalue weighted by atomic mass is 32.2. The standard InChI is InChI=1S/C23H36O4SSi/c1-15-10-12-17(13-11-15)28(25)20-16(2)23(7)19(18(24)14-22(20,6)27-23)26-29(8,9)21(3,4)5/h10-13,16,19-20H,14H2,1-9H3/t16-,19-,20-,22-,23-,28+/m1/s1. The Bertz CT molecular complexity index is 828. The normalized spacial score (nSPS) is 36.3.